The normalized spacial score (nSPS) is 14.7. The number of halogens is 1. The number of hydrogen-bond acceptors (Lipinski definition) is 5. The summed E-state index contributed by atoms with van der Waals surface area (Å²) in [5, 5.41) is 2.24. The predicted molar refractivity (Wildman–Crippen MR) is 141 cm³/mol. The number of carbonyl (C=O) groups excluding carboxylic acids is 3. The first-order valence-corrected chi connectivity index (χ1v) is 12.3. The number of rotatable bonds is 8. The number of imide groups is 2. The zero-order chi connectivity index (χ0) is 25.7. The zero-order valence-electron chi connectivity index (χ0n) is 19.9. The van der Waals surface area contributed by atoms with Crippen molar-refractivity contribution >= 4 is 45.5 Å². The van der Waals surface area contributed by atoms with Crippen molar-refractivity contribution in [2.24, 2.45) is 0 Å². The van der Waals surface area contributed by atoms with E-state index in [0.717, 1.165) is 16.9 Å². The molecule has 1 aliphatic rings. The molecule has 3 aromatic rings. The molecule has 8 heteroatoms. The molecule has 4 amide bonds. The van der Waals surface area contributed by atoms with Gasteiger partial charge in [0.15, 0.2) is 0 Å². The van der Waals surface area contributed by atoms with Crippen molar-refractivity contribution in [2.75, 3.05) is 11.5 Å². The molecule has 3 aromatic carbocycles. The van der Waals surface area contributed by atoms with Crippen LogP contribution in [0.3, 0.4) is 0 Å². The number of aryl methyl sites for hydroxylation is 1. The second kappa shape index (κ2) is 11.2. The van der Waals surface area contributed by atoms with Crippen LogP contribution in [0.4, 0.5) is 10.5 Å². The lowest BCUT2D eigenvalue weighted by molar-refractivity contribution is -0.122. The van der Waals surface area contributed by atoms with E-state index in [9.17, 15) is 14.4 Å². The number of ether oxygens (including phenoxy) is 2. The molecule has 0 radical (unpaired) electrons. The van der Waals surface area contributed by atoms with E-state index in [0.29, 0.717) is 40.4 Å². The number of nitrogens with one attached hydrogen (secondary N) is 1. The van der Waals surface area contributed by atoms with E-state index in [2.05, 4.69) is 21.2 Å². The van der Waals surface area contributed by atoms with Crippen LogP contribution in [0.5, 0.6) is 11.5 Å². The van der Waals surface area contributed by atoms with Gasteiger partial charge in [0, 0.05) is 0 Å². The Morgan fingerprint density at radius 1 is 0.944 bits per heavy atom. The van der Waals surface area contributed by atoms with Crippen LogP contribution >= 0.6 is 15.9 Å². The molecule has 184 valence electrons. The molecule has 0 bridgehead atoms. The second-order valence-electron chi connectivity index (χ2n) is 8.26. The number of carbonyl (C=O) groups is 3. The summed E-state index contributed by atoms with van der Waals surface area (Å²) < 4.78 is 12.1. The number of benzene rings is 3. The van der Waals surface area contributed by atoms with Gasteiger partial charge >= 0.3 is 6.03 Å². The fraction of sp³-hybridized carbons (Fsp3) is 0.179. The van der Waals surface area contributed by atoms with Gasteiger partial charge in [0.2, 0.25) is 0 Å². The third kappa shape index (κ3) is 5.83. The average molecular weight is 549 g/mol. The van der Waals surface area contributed by atoms with E-state index in [-0.39, 0.29) is 5.57 Å². The number of amides is 4. The molecule has 0 saturated carbocycles. The largest absolute Gasteiger partial charge is 0.492 e. The molecule has 7 nitrogen and oxygen atoms in total. The van der Waals surface area contributed by atoms with Gasteiger partial charge in [0.1, 0.15) is 23.7 Å². The Bertz CT molecular complexity index is 1320. The lowest BCUT2D eigenvalue weighted by Gasteiger charge is -2.26. The van der Waals surface area contributed by atoms with Gasteiger partial charge in [0.05, 0.1) is 16.8 Å². The van der Waals surface area contributed by atoms with Crippen LogP contribution in [-0.4, -0.2) is 24.5 Å². The number of anilines is 1. The highest BCUT2D eigenvalue weighted by molar-refractivity contribution is 9.10. The van der Waals surface area contributed by atoms with Crippen LogP contribution in [0.15, 0.2) is 76.8 Å². The molecule has 1 fully saturated rings. The molecule has 1 aliphatic heterocycles. The molecular weight excluding hydrogens is 524 g/mol. The van der Waals surface area contributed by atoms with Crippen molar-refractivity contribution in [2.45, 2.75) is 26.9 Å². The van der Waals surface area contributed by atoms with E-state index < -0.39 is 17.8 Å². The molecule has 0 spiro atoms. The number of hydrogen-bond donors (Lipinski definition) is 1. The Kier molecular flexibility index (Phi) is 7.85. The molecular formula is C28H25BrN2O5. The van der Waals surface area contributed by atoms with Crippen LogP contribution in [0.25, 0.3) is 6.08 Å². The molecule has 36 heavy (non-hydrogen) atoms. The van der Waals surface area contributed by atoms with Gasteiger partial charge in [-0.05, 0) is 82.9 Å². The van der Waals surface area contributed by atoms with Gasteiger partial charge < -0.3 is 9.47 Å². The van der Waals surface area contributed by atoms with Crippen molar-refractivity contribution in [1.29, 1.82) is 0 Å². The lowest BCUT2D eigenvalue weighted by Crippen LogP contribution is -2.54. The summed E-state index contributed by atoms with van der Waals surface area (Å²) in [6.45, 7) is 5.00. The molecule has 1 N–H and O–H groups in total. The van der Waals surface area contributed by atoms with Crippen LogP contribution in [0, 0.1) is 6.92 Å². The van der Waals surface area contributed by atoms with Crippen LogP contribution in [0.2, 0.25) is 0 Å². The SMILES string of the molecule is CCCOc1ccc(/C=C2\C(=O)NC(=O)N(c3ccc(OCc4ccc(C)cc4)cc3)C2=O)cc1Br. The van der Waals surface area contributed by atoms with E-state index in [1.165, 1.54) is 11.6 Å². The first-order chi connectivity index (χ1) is 17.4. The van der Waals surface area contributed by atoms with E-state index in [1.54, 1.807) is 42.5 Å². The Hall–Kier alpha value is -3.91. The van der Waals surface area contributed by atoms with Crippen molar-refractivity contribution in [1.82, 2.24) is 5.32 Å². The molecule has 1 saturated heterocycles. The predicted octanol–water partition coefficient (Wildman–Crippen LogP) is 5.79. The molecule has 0 atom stereocenters. The highest BCUT2D eigenvalue weighted by Gasteiger charge is 2.36. The minimum atomic E-state index is -0.806. The number of nitrogens with zero attached hydrogens (tertiary/aromatic N) is 1. The van der Waals surface area contributed by atoms with Gasteiger partial charge in [0.25, 0.3) is 11.8 Å². The summed E-state index contributed by atoms with van der Waals surface area (Å²) in [6.07, 6.45) is 2.32. The molecule has 1 heterocycles. The minimum Gasteiger partial charge on any atom is -0.492 e. The fourth-order valence-corrected chi connectivity index (χ4v) is 4.05. The fourth-order valence-electron chi connectivity index (χ4n) is 3.54. The Morgan fingerprint density at radius 2 is 1.67 bits per heavy atom. The average Bonchev–Trinajstić information content (AvgIpc) is 2.86. The summed E-state index contributed by atoms with van der Waals surface area (Å²) in [6, 6.07) is 19.0. The van der Waals surface area contributed by atoms with Crippen molar-refractivity contribution < 1.29 is 23.9 Å². The number of urea groups is 1. The highest BCUT2D eigenvalue weighted by Crippen LogP contribution is 2.29. The molecule has 0 aromatic heterocycles. The van der Waals surface area contributed by atoms with Crippen molar-refractivity contribution in [3.05, 3.63) is 93.5 Å². The highest BCUT2D eigenvalue weighted by atomic mass is 79.9. The Morgan fingerprint density at radius 3 is 2.33 bits per heavy atom. The first-order valence-electron chi connectivity index (χ1n) is 11.5. The minimum absolute atomic E-state index is 0.150. The summed E-state index contributed by atoms with van der Waals surface area (Å²) in [7, 11) is 0. The summed E-state index contributed by atoms with van der Waals surface area (Å²) in [4.78, 5) is 39.1. The van der Waals surface area contributed by atoms with Gasteiger partial charge in [-0.25, -0.2) is 9.69 Å². The molecule has 0 aliphatic carbocycles. The first kappa shape index (κ1) is 25.2. The van der Waals surface area contributed by atoms with Crippen LogP contribution in [0.1, 0.15) is 30.0 Å². The van der Waals surface area contributed by atoms with E-state index in [1.807, 2.05) is 38.1 Å². The van der Waals surface area contributed by atoms with Crippen LogP contribution in [-0.2, 0) is 16.2 Å². The molecule has 4 rings (SSSR count). The zero-order valence-corrected chi connectivity index (χ0v) is 21.5. The summed E-state index contributed by atoms with van der Waals surface area (Å²) in [5.74, 6) is -0.201. The second-order valence-corrected chi connectivity index (χ2v) is 9.12. The Balaban J connectivity index is 1.50. The van der Waals surface area contributed by atoms with E-state index in [4.69, 9.17) is 9.47 Å². The quantitative estimate of drug-likeness (QED) is 0.284. The van der Waals surface area contributed by atoms with Gasteiger partial charge in [-0.2, -0.15) is 0 Å². The third-order valence-electron chi connectivity index (χ3n) is 5.45. The Labute approximate surface area is 217 Å². The topological polar surface area (TPSA) is 84.9 Å². The van der Waals surface area contributed by atoms with Crippen LogP contribution < -0.4 is 19.7 Å². The third-order valence-corrected chi connectivity index (χ3v) is 6.07. The summed E-state index contributed by atoms with van der Waals surface area (Å²) in [5.41, 5.74) is 2.98. The van der Waals surface area contributed by atoms with Crippen molar-refractivity contribution in [3.8, 4) is 11.5 Å². The summed E-state index contributed by atoms with van der Waals surface area (Å²) >= 11 is 3.45. The maximum atomic E-state index is 13.2. The smallest absolute Gasteiger partial charge is 0.335 e. The van der Waals surface area contributed by atoms with Gasteiger partial charge in [-0.1, -0.05) is 42.8 Å². The maximum Gasteiger partial charge on any atom is 0.335 e. The lowest BCUT2D eigenvalue weighted by atomic mass is 10.1. The van der Waals surface area contributed by atoms with Crippen molar-refractivity contribution in [3.63, 3.8) is 0 Å². The van der Waals surface area contributed by atoms with E-state index >= 15 is 0 Å². The monoisotopic (exact) mass is 548 g/mol. The standard InChI is InChI=1S/C28H25BrN2O5/c1-3-14-35-25-13-8-20(16-24(25)29)15-23-26(32)30-28(34)31(27(23)33)21-9-11-22(12-10-21)36-17-19-6-4-18(2)5-7-19/h4-13,15-16H,3,14,17H2,1-2H3,(H,30,32,34)/b23-15+. The maximum absolute atomic E-state index is 13.2. The van der Waals surface area contributed by atoms with Gasteiger partial charge in [-0.3, -0.25) is 14.9 Å². The van der Waals surface area contributed by atoms with Gasteiger partial charge in [-0.15, -0.1) is 0 Å². The molecule has 0 unspecified atom stereocenters. The number of barbiturate groups is 1.